The second-order valence-electron chi connectivity index (χ2n) is 12.0. The number of aliphatic hydroxyl groups is 1. The molecule has 3 aliphatic rings. The summed E-state index contributed by atoms with van der Waals surface area (Å²) in [5.74, 6) is -3.29. The predicted octanol–water partition coefficient (Wildman–Crippen LogP) is 2.98. The second-order valence-corrected chi connectivity index (χ2v) is 12.0. The molecule has 3 aliphatic heterocycles. The summed E-state index contributed by atoms with van der Waals surface area (Å²) in [6.07, 6.45) is 4.28. The van der Waals surface area contributed by atoms with Gasteiger partial charge in [0.15, 0.2) is 0 Å². The summed E-state index contributed by atoms with van der Waals surface area (Å²) in [4.78, 5) is 57.7. The average Bonchev–Trinajstić information content (AvgIpc) is 3.63. The van der Waals surface area contributed by atoms with Crippen LogP contribution in [-0.4, -0.2) is 83.3 Å². The highest BCUT2D eigenvalue weighted by molar-refractivity contribution is 6.05. The molecule has 0 unspecified atom stereocenters. The molecule has 0 aromatic heterocycles. The number of benzene rings is 1. The number of esters is 1. The molecule has 1 aromatic rings. The zero-order valence-electron chi connectivity index (χ0n) is 25.7. The van der Waals surface area contributed by atoms with E-state index in [-0.39, 0.29) is 37.4 Å². The highest BCUT2D eigenvalue weighted by atomic mass is 16.6. The molecular weight excluding hydrogens is 550 g/mol. The van der Waals surface area contributed by atoms with E-state index < -0.39 is 47.7 Å². The Balaban J connectivity index is 1.66. The molecule has 1 spiro atoms. The minimum Gasteiger partial charge on any atom is -0.460 e. The van der Waals surface area contributed by atoms with Crippen molar-refractivity contribution in [3.63, 3.8) is 0 Å². The number of nitrogens with zero attached hydrogens (tertiary/aromatic N) is 2. The molecule has 2 bridgehead atoms. The summed E-state index contributed by atoms with van der Waals surface area (Å²) in [5.41, 5.74) is 1.35. The molecule has 0 aliphatic carbocycles. The van der Waals surface area contributed by atoms with E-state index in [1.807, 2.05) is 39.0 Å². The highest BCUT2D eigenvalue weighted by Crippen LogP contribution is 2.59. The van der Waals surface area contributed by atoms with Crippen molar-refractivity contribution in [1.29, 1.82) is 0 Å². The number of aliphatic hydroxyl groups excluding tert-OH is 1. The van der Waals surface area contributed by atoms with E-state index in [9.17, 15) is 24.3 Å². The molecule has 7 atom stereocenters. The number of ether oxygens (including phenoxy) is 2. The van der Waals surface area contributed by atoms with E-state index in [0.717, 1.165) is 11.1 Å². The lowest BCUT2D eigenvalue weighted by Gasteiger charge is -2.39. The Kier molecular flexibility index (Phi) is 10.1. The maximum absolute atomic E-state index is 14.7. The summed E-state index contributed by atoms with van der Waals surface area (Å²) in [7, 11) is 0. The van der Waals surface area contributed by atoms with Crippen molar-refractivity contribution in [2.45, 2.75) is 89.7 Å². The van der Waals surface area contributed by atoms with Crippen molar-refractivity contribution in [3.8, 4) is 0 Å². The van der Waals surface area contributed by atoms with E-state index >= 15 is 0 Å². The number of aryl methyl sites for hydroxylation is 2. The van der Waals surface area contributed by atoms with Gasteiger partial charge in [0.05, 0.1) is 37.1 Å². The van der Waals surface area contributed by atoms with E-state index in [2.05, 4.69) is 18.5 Å². The van der Waals surface area contributed by atoms with Crippen LogP contribution in [0.1, 0.15) is 57.1 Å². The number of likely N-dealkylation sites (tertiary alicyclic amines) is 1. The van der Waals surface area contributed by atoms with Crippen LogP contribution in [0.4, 0.5) is 5.69 Å². The fraction of sp³-hybridized carbons (Fsp3) is 0.576. The van der Waals surface area contributed by atoms with Crippen LogP contribution in [0.25, 0.3) is 0 Å². The van der Waals surface area contributed by atoms with Gasteiger partial charge >= 0.3 is 5.97 Å². The Morgan fingerprint density at radius 1 is 1.28 bits per heavy atom. The van der Waals surface area contributed by atoms with Gasteiger partial charge in [-0.25, -0.2) is 0 Å². The summed E-state index contributed by atoms with van der Waals surface area (Å²) in [6, 6.07) is 4.18. The maximum atomic E-state index is 14.7. The zero-order valence-corrected chi connectivity index (χ0v) is 25.7. The number of nitrogens with one attached hydrogen (secondary N) is 1. The minimum absolute atomic E-state index is 0.131. The molecular formula is C33H45N3O7. The lowest BCUT2D eigenvalue weighted by atomic mass is 9.70. The van der Waals surface area contributed by atoms with E-state index in [1.54, 1.807) is 24.0 Å². The average molecular weight is 596 g/mol. The van der Waals surface area contributed by atoms with Gasteiger partial charge in [0, 0.05) is 18.7 Å². The number of allylic oxidation sites excluding steroid dienone is 1. The SMILES string of the molecule is C=CCCC(=O)NC[C@@H](C)OC(=O)[C@@H]1[C@@H]2CC[C@]3(O2)[C@H](C(=O)N(CC=C)c2cc(C)ccc2C)N([C@@H](CC)CO)C(=O)[C@@H]13. The predicted molar refractivity (Wildman–Crippen MR) is 162 cm³/mol. The van der Waals surface area contributed by atoms with Crippen molar-refractivity contribution < 1.29 is 33.8 Å². The monoisotopic (exact) mass is 595 g/mol. The van der Waals surface area contributed by atoms with Gasteiger partial charge in [0.25, 0.3) is 5.91 Å². The van der Waals surface area contributed by atoms with Crippen molar-refractivity contribution >= 4 is 29.4 Å². The Labute approximate surface area is 254 Å². The first-order chi connectivity index (χ1) is 20.5. The van der Waals surface area contributed by atoms with Gasteiger partial charge in [-0.15, -0.1) is 13.2 Å². The van der Waals surface area contributed by atoms with Gasteiger partial charge in [-0.1, -0.05) is 31.2 Å². The normalized spacial score (nSPS) is 26.9. The second kappa shape index (κ2) is 13.4. The molecule has 2 N–H and O–H groups in total. The van der Waals surface area contributed by atoms with Gasteiger partial charge in [0.2, 0.25) is 11.8 Å². The summed E-state index contributed by atoms with van der Waals surface area (Å²) in [6.45, 7) is 14.9. The molecule has 43 heavy (non-hydrogen) atoms. The molecule has 3 fully saturated rings. The lowest BCUT2D eigenvalue weighted by molar-refractivity contribution is -0.159. The molecule has 1 aromatic carbocycles. The first kappa shape index (κ1) is 32.4. The van der Waals surface area contributed by atoms with Crippen molar-refractivity contribution in [2.24, 2.45) is 11.8 Å². The van der Waals surface area contributed by atoms with E-state index in [4.69, 9.17) is 9.47 Å². The summed E-state index contributed by atoms with van der Waals surface area (Å²) in [5, 5.41) is 13.1. The molecule has 3 saturated heterocycles. The van der Waals surface area contributed by atoms with Crippen LogP contribution in [0.3, 0.4) is 0 Å². The lowest BCUT2D eigenvalue weighted by Crippen LogP contribution is -2.59. The topological polar surface area (TPSA) is 125 Å². The Morgan fingerprint density at radius 3 is 2.67 bits per heavy atom. The molecule has 3 heterocycles. The smallest absolute Gasteiger partial charge is 0.312 e. The first-order valence-corrected chi connectivity index (χ1v) is 15.2. The molecule has 0 radical (unpaired) electrons. The molecule has 0 saturated carbocycles. The van der Waals surface area contributed by atoms with E-state index in [1.165, 1.54) is 4.90 Å². The largest absolute Gasteiger partial charge is 0.460 e. The van der Waals surface area contributed by atoms with Crippen LogP contribution in [0, 0.1) is 25.7 Å². The fourth-order valence-corrected chi connectivity index (χ4v) is 6.94. The summed E-state index contributed by atoms with van der Waals surface area (Å²) < 4.78 is 12.3. The van der Waals surface area contributed by atoms with Gasteiger partial charge in [-0.3, -0.25) is 19.2 Å². The molecule has 10 heteroatoms. The number of fused-ring (bicyclic) bond motifs is 1. The van der Waals surface area contributed by atoms with Crippen LogP contribution < -0.4 is 10.2 Å². The van der Waals surface area contributed by atoms with E-state index in [0.29, 0.717) is 37.8 Å². The third-order valence-electron chi connectivity index (χ3n) is 9.03. The molecule has 3 amide bonds. The van der Waals surface area contributed by atoms with Crippen LogP contribution in [-0.2, 0) is 28.7 Å². The standard InChI is InChI=1S/C33H45N3O7/c1-7-10-11-26(38)34-18-22(6)42-32(41)27-25-14-15-33(43-25)28(27)30(39)36(23(9-3)19-37)29(33)31(40)35(16-8-2)24-17-20(4)12-13-21(24)5/h7-8,12-13,17,22-23,25,27-29,37H,1-2,9-11,14-16,18-19H2,3-6H3,(H,34,38)/t22-,23+,25+,27-,28-,29+,33-/m1/s1. The Morgan fingerprint density at radius 2 is 2.02 bits per heavy atom. The Bertz CT molecular complexity index is 1260. The van der Waals surface area contributed by atoms with Crippen LogP contribution in [0.15, 0.2) is 43.5 Å². The third-order valence-corrected chi connectivity index (χ3v) is 9.03. The minimum atomic E-state index is -1.23. The third kappa shape index (κ3) is 5.99. The number of anilines is 1. The van der Waals surface area contributed by atoms with Crippen LogP contribution >= 0.6 is 0 Å². The van der Waals surface area contributed by atoms with Crippen LogP contribution in [0.5, 0.6) is 0 Å². The molecule has 10 nitrogen and oxygen atoms in total. The highest BCUT2D eigenvalue weighted by Gasteiger charge is 2.75. The number of rotatable bonds is 14. The fourth-order valence-electron chi connectivity index (χ4n) is 6.94. The number of carbonyl (C=O) groups excluding carboxylic acids is 4. The van der Waals surface area contributed by atoms with Gasteiger partial charge in [-0.05, 0) is 63.6 Å². The van der Waals surface area contributed by atoms with Crippen molar-refractivity contribution in [3.05, 3.63) is 54.6 Å². The number of carbonyl (C=O) groups is 4. The van der Waals surface area contributed by atoms with Gasteiger partial charge < -0.3 is 29.7 Å². The number of hydrogen-bond donors (Lipinski definition) is 2. The number of amides is 3. The van der Waals surface area contributed by atoms with Crippen molar-refractivity contribution in [2.75, 3.05) is 24.6 Å². The van der Waals surface area contributed by atoms with Gasteiger partial charge in [0.1, 0.15) is 17.7 Å². The first-order valence-electron chi connectivity index (χ1n) is 15.2. The maximum Gasteiger partial charge on any atom is 0.312 e. The zero-order chi connectivity index (χ0) is 31.5. The van der Waals surface area contributed by atoms with Gasteiger partial charge in [-0.2, -0.15) is 0 Å². The van der Waals surface area contributed by atoms with Crippen molar-refractivity contribution in [1.82, 2.24) is 10.2 Å². The van der Waals surface area contributed by atoms with Crippen LogP contribution in [0.2, 0.25) is 0 Å². The summed E-state index contributed by atoms with van der Waals surface area (Å²) >= 11 is 0. The number of hydrogen-bond acceptors (Lipinski definition) is 7. The Hall–Kier alpha value is -3.50. The quantitative estimate of drug-likeness (QED) is 0.250. The molecule has 4 rings (SSSR count). The molecule has 234 valence electrons.